The van der Waals surface area contributed by atoms with Crippen LogP contribution in [0.4, 0.5) is 11.4 Å². The van der Waals surface area contributed by atoms with Gasteiger partial charge in [0.15, 0.2) is 0 Å². The van der Waals surface area contributed by atoms with Crippen molar-refractivity contribution in [1.82, 2.24) is 4.90 Å². The van der Waals surface area contributed by atoms with E-state index in [1.165, 1.54) is 13.0 Å². The van der Waals surface area contributed by atoms with E-state index in [-0.39, 0.29) is 11.3 Å². The zero-order valence-electron chi connectivity index (χ0n) is 11.0. The number of hydrogen-bond donors (Lipinski definition) is 2. The van der Waals surface area contributed by atoms with Crippen molar-refractivity contribution in [2.24, 2.45) is 0 Å². The smallest absolute Gasteiger partial charge is 0.221 e. The highest BCUT2D eigenvalue weighted by Gasteiger charge is 1.99. The van der Waals surface area contributed by atoms with Crippen LogP contribution in [-0.4, -0.2) is 38.0 Å². The zero-order valence-corrected chi connectivity index (χ0v) is 11.0. The SMILES string of the molecule is CC(=O)Nc1ccc(NCCN(C)C)c(=O)cc1. The Morgan fingerprint density at radius 2 is 1.89 bits per heavy atom. The van der Waals surface area contributed by atoms with Gasteiger partial charge in [-0.3, -0.25) is 9.59 Å². The fourth-order valence-corrected chi connectivity index (χ4v) is 1.41. The molecule has 1 rings (SSSR count). The van der Waals surface area contributed by atoms with Crippen molar-refractivity contribution >= 4 is 17.3 Å². The number of amides is 1. The standard InChI is InChI=1S/C13H19N3O2/c1-10(17)15-11-4-6-12(13(18)7-5-11)14-8-9-16(2)3/h4-7H,8-9H2,1-3H3,(H,14,18)(H,15,17). The van der Waals surface area contributed by atoms with Crippen molar-refractivity contribution in [1.29, 1.82) is 0 Å². The number of carbonyl (C=O) groups excluding carboxylic acids is 1. The lowest BCUT2D eigenvalue weighted by Gasteiger charge is -2.09. The van der Waals surface area contributed by atoms with Gasteiger partial charge in [-0.25, -0.2) is 0 Å². The molecule has 0 heterocycles. The summed E-state index contributed by atoms with van der Waals surface area (Å²) < 4.78 is 0. The van der Waals surface area contributed by atoms with E-state index in [2.05, 4.69) is 10.6 Å². The normalized spacial score (nSPS) is 10.2. The molecular formula is C13H19N3O2. The Bertz CT molecular complexity index is 472. The third kappa shape index (κ3) is 4.97. The molecular weight excluding hydrogens is 230 g/mol. The second-order valence-corrected chi connectivity index (χ2v) is 4.31. The van der Waals surface area contributed by atoms with E-state index in [0.29, 0.717) is 17.9 Å². The van der Waals surface area contributed by atoms with Crippen molar-refractivity contribution in [2.45, 2.75) is 6.92 Å². The van der Waals surface area contributed by atoms with Crippen molar-refractivity contribution in [3.63, 3.8) is 0 Å². The Kier molecular flexibility index (Phi) is 5.32. The predicted octanol–water partition coefficient (Wildman–Crippen LogP) is 0.979. The lowest BCUT2D eigenvalue weighted by Crippen LogP contribution is -2.22. The molecule has 0 aliphatic carbocycles. The molecule has 0 aliphatic rings. The van der Waals surface area contributed by atoms with Crippen molar-refractivity contribution in [3.8, 4) is 0 Å². The van der Waals surface area contributed by atoms with Gasteiger partial charge in [0, 0.05) is 25.7 Å². The molecule has 0 aromatic heterocycles. The Morgan fingerprint density at radius 1 is 1.22 bits per heavy atom. The summed E-state index contributed by atoms with van der Waals surface area (Å²) in [4.78, 5) is 24.7. The number of nitrogens with zero attached hydrogens (tertiary/aromatic N) is 1. The molecule has 0 radical (unpaired) electrons. The third-order valence-corrected chi connectivity index (χ3v) is 2.30. The van der Waals surface area contributed by atoms with E-state index < -0.39 is 0 Å². The molecule has 0 atom stereocenters. The van der Waals surface area contributed by atoms with Crippen LogP contribution in [0.3, 0.4) is 0 Å². The number of likely N-dealkylation sites (N-methyl/N-ethyl adjacent to an activating group) is 1. The largest absolute Gasteiger partial charge is 0.381 e. The van der Waals surface area contributed by atoms with Gasteiger partial charge in [0.1, 0.15) is 0 Å². The molecule has 1 aromatic rings. The molecule has 2 N–H and O–H groups in total. The molecule has 1 amide bonds. The van der Waals surface area contributed by atoms with E-state index in [1.807, 2.05) is 19.0 Å². The summed E-state index contributed by atoms with van der Waals surface area (Å²) in [6.07, 6.45) is 0. The lowest BCUT2D eigenvalue weighted by molar-refractivity contribution is -0.114. The molecule has 0 fully saturated rings. The van der Waals surface area contributed by atoms with E-state index in [9.17, 15) is 9.59 Å². The van der Waals surface area contributed by atoms with Gasteiger partial charge in [-0.15, -0.1) is 0 Å². The molecule has 0 saturated heterocycles. The predicted molar refractivity (Wildman–Crippen MR) is 74.1 cm³/mol. The van der Waals surface area contributed by atoms with E-state index in [4.69, 9.17) is 0 Å². The first-order valence-corrected chi connectivity index (χ1v) is 5.79. The minimum absolute atomic E-state index is 0.0923. The number of nitrogens with one attached hydrogen (secondary N) is 2. The average Bonchev–Trinajstić information content (AvgIpc) is 2.43. The average molecular weight is 249 g/mol. The summed E-state index contributed by atoms with van der Waals surface area (Å²) in [5.74, 6) is -0.157. The van der Waals surface area contributed by atoms with Gasteiger partial charge >= 0.3 is 0 Å². The molecule has 5 heteroatoms. The second-order valence-electron chi connectivity index (χ2n) is 4.31. The Labute approximate surface area is 107 Å². The first kappa shape index (κ1) is 14.2. The monoisotopic (exact) mass is 249 g/mol. The summed E-state index contributed by atoms with van der Waals surface area (Å²) >= 11 is 0. The van der Waals surface area contributed by atoms with E-state index in [1.54, 1.807) is 18.2 Å². The van der Waals surface area contributed by atoms with Gasteiger partial charge in [0.2, 0.25) is 11.3 Å². The number of hydrogen-bond acceptors (Lipinski definition) is 4. The van der Waals surface area contributed by atoms with Gasteiger partial charge < -0.3 is 15.5 Å². The van der Waals surface area contributed by atoms with Crippen molar-refractivity contribution in [3.05, 3.63) is 34.5 Å². The first-order chi connectivity index (χ1) is 8.49. The maximum atomic E-state index is 11.7. The second kappa shape index (κ2) is 6.76. The van der Waals surface area contributed by atoms with Crippen LogP contribution in [0.15, 0.2) is 29.1 Å². The summed E-state index contributed by atoms with van der Waals surface area (Å²) in [7, 11) is 3.94. The van der Waals surface area contributed by atoms with Crippen LogP contribution in [0.2, 0.25) is 0 Å². The molecule has 98 valence electrons. The van der Waals surface area contributed by atoms with E-state index in [0.717, 1.165) is 6.54 Å². The van der Waals surface area contributed by atoms with Crippen LogP contribution in [0.25, 0.3) is 0 Å². The Hall–Kier alpha value is -1.88. The minimum Gasteiger partial charge on any atom is -0.381 e. The quantitative estimate of drug-likeness (QED) is 0.816. The number of rotatable bonds is 5. The van der Waals surface area contributed by atoms with Crippen LogP contribution < -0.4 is 16.1 Å². The molecule has 18 heavy (non-hydrogen) atoms. The molecule has 0 bridgehead atoms. The van der Waals surface area contributed by atoms with Crippen LogP contribution >= 0.6 is 0 Å². The fourth-order valence-electron chi connectivity index (χ4n) is 1.41. The summed E-state index contributed by atoms with van der Waals surface area (Å²) in [5.41, 5.74) is 1.05. The van der Waals surface area contributed by atoms with Gasteiger partial charge in [0.05, 0.1) is 5.69 Å². The number of carbonyl (C=O) groups is 1. The van der Waals surface area contributed by atoms with E-state index >= 15 is 0 Å². The highest BCUT2D eigenvalue weighted by molar-refractivity contribution is 5.88. The summed E-state index contributed by atoms with van der Waals surface area (Å²) in [6, 6.07) is 6.44. The maximum absolute atomic E-state index is 11.7. The molecule has 5 nitrogen and oxygen atoms in total. The van der Waals surface area contributed by atoms with Gasteiger partial charge in [0.25, 0.3) is 0 Å². The fraction of sp³-hybridized carbons (Fsp3) is 0.385. The topological polar surface area (TPSA) is 61.4 Å². The maximum Gasteiger partial charge on any atom is 0.221 e. The lowest BCUT2D eigenvalue weighted by atomic mass is 10.4. The van der Waals surface area contributed by atoms with Gasteiger partial charge in [-0.1, -0.05) is 0 Å². The van der Waals surface area contributed by atoms with Crippen LogP contribution in [0, 0.1) is 0 Å². The van der Waals surface area contributed by atoms with Crippen LogP contribution in [0.1, 0.15) is 6.92 Å². The highest BCUT2D eigenvalue weighted by atomic mass is 16.1. The van der Waals surface area contributed by atoms with Crippen LogP contribution in [-0.2, 0) is 4.79 Å². The van der Waals surface area contributed by atoms with Crippen molar-refractivity contribution < 1.29 is 4.79 Å². The van der Waals surface area contributed by atoms with Crippen LogP contribution in [0.5, 0.6) is 0 Å². The summed E-state index contributed by atoms with van der Waals surface area (Å²) in [6.45, 7) is 2.97. The zero-order chi connectivity index (χ0) is 13.5. The number of anilines is 2. The first-order valence-electron chi connectivity index (χ1n) is 5.79. The molecule has 0 unspecified atom stereocenters. The molecule has 0 aliphatic heterocycles. The van der Waals surface area contributed by atoms with Crippen molar-refractivity contribution in [2.75, 3.05) is 37.8 Å². The van der Waals surface area contributed by atoms with Gasteiger partial charge in [-0.2, -0.15) is 0 Å². The minimum atomic E-state index is -0.157. The molecule has 0 spiro atoms. The Morgan fingerprint density at radius 3 is 2.50 bits per heavy atom. The molecule has 0 saturated carbocycles. The Balaban J connectivity index is 2.78. The third-order valence-electron chi connectivity index (χ3n) is 2.30. The van der Waals surface area contributed by atoms with Gasteiger partial charge in [-0.05, 0) is 38.4 Å². The highest BCUT2D eigenvalue weighted by Crippen LogP contribution is 2.06. The summed E-state index contributed by atoms with van der Waals surface area (Å²) in [5, 5.41) is 5.72. The molecule has 1 aromatic carbocycles.